The summed E-state index contributed by atoms with van der Waals surface area (Å²) in [5.41, 5.74) is 0.448. The quantitative estimate of drug-likeness (QED) is 0.337. The summed E-state index contributed by atoms with van der Waals surface area (Å²) in [6, 6.07) is 6.88. The number of aromatic hydroxyl groups is 1. The summed E-state index contributed by atoms with van der Waals surface area (Å²) in [6.07, 6.45) is -0.484. The second-order valence-electron chi connectivity index (χ2n) is 5.38. The molecule has 0 spiro atoms. The van der Waals surface area contributed by atoms with Crippen LogP contribution in [0.25, 0.3) is 0 Å². The molecule has 9 heteroatoms. The first-order valence-corrected chi connectivity index (χ1v) is 7.95. The molecular weight excluding hydrogens is 358 g/mol. The van der Waals surface area contributed by atoms with E-state index in [0.717, 1.165) is 0 Å². The predicted molar refractivity (Wildman–Crippen MR) is 94.5 cm³/mol. The molecule has 9 nitrogen and oxygen atoms in total. The van der Waals surface area contributed by atoms with Gasteiger partial charge in [0.25, 0.3) is 5.69 Å². The van der Waals surface area contributed by atoms with Crippen LogP contribution in [0.15, 0.2) is 30.3 Å². The molecule has 0 bridgehead atoms. The molecule has 0 heterocycles. The minimum Gasteiger partial charge on any atom is -0.508 e. The van der Waals surface area contributed by atoms with Gasteiger partial charge in [-0.05, 0) is 36.2 Å². The van der Waals surface area contributed by atoms with Crippen molar-refractivity contribution < 1.29 is 33.8 Å². The Balaban J connectivity index is 2.13. The van der Waals surface area contributed by atoms with Crippen LogP contribution in [-0.4, -0.2) is 30.4 Å². The number of hydrogen-bond acceptors (Lipinski definition) is 8. The van der Waals surface area contributed by atoms with Crippen molar-refractivity contribution in [2.24, 2.45) is 0 Å². The maximum absolute atomic E-state index is 11.9. The number of carbonyl (C=O) groups excluding carboxylic acids is 1. The van der Waals surface area contributed by atoms with Crippen molar-refractivity contribution >= 4 is 11.8 Å². The average Bonchev–Trinajstić information content (AvgIpc) is 2.66. The topological polar surface area (TPSA) is 117 Å². The zero-order chi connectivity index (χ0) is 20.0. The molecule has 0 aliphatic carbocycles. The maximum atomic E-state index is 11.9. The summed E-state index contributed by atoms with van der Waals surface area (Å²) in [5.74, 6) is 0.739. The molecule has 0 aliphatic heterocycles. The number of phenolic OH excluding ortho intramolecular Hbond substituents is 1. The molecule has 0 atom stereocenters. The van der Waals surface area contributed by atoms with Gasteiger partial charge < -0.3 is 24.1 Å². The highest BCUT2D eigenvalue weighted by Gasteiger charge is 2.21. The van der Waals surface area contributed by atoms with E-state index < -0.39 is 17.7 Å². The lowest BCUT2D eigenvalue weighted by Gasteiger charge is -2.11. The number of nitrogens with zero attached hydrogens (tertiary/aromatic N) is 1. The number of hydrogen-bond donors (Lipinski definition) is 1. The van der Waals surface area contributed by atoms with Crippen LogP contribution in [0, 0.1) is 10.1 Å². The molecule has 0 aromatic heterocycles. The van der Waals surface area contributed by atoms with Crippen LogP contribution in [0.2, 0.25) is 0 Å². The number of nitro groups is 1. The molecule has 2 aromatic carbocycles. The molecule has 0 fully saturated rings. The second kappa shape index (κ2) is 8.75. The van der Waals surface area contributed by atoms with Gasteiger partial charge in [0.15, 0.2) is 11.5 Å². The fourth-order valence-electron chi connectivity index (χ4n) is 2.37. The smallest absolute Gasteiger partial charge is 0.508 e. The average molecular weight is 377 g/mol. The fourth-order valence-corrected chi connectivity index (χ4v) is 2.37. The fraction of sp³-hybridized carbons (Fsp3) is 0.278. The van der Waals surface area contributed by atoms with Crippen LogP contribution < -0.4 is 14.2 Å². The van der Waals surface area contributed by atoms with Crippen molar-refractivity contribution in [2.75, 3.05) is 14.2 Å². The van der Waals surface area contributed by atoms with Crippen LogP contribution in [0.4, 0.5) is 10.5 Å². The monoisotopic (exact) mass is 377 g/mol. The largest absolute Gasteiger partial charge is 0.514 e. The number of ether oxygens (including phenoxy) is 4. The number of carbonyl (C=O) groups is 1. The second-order valence-corrected chi connectivity index (χ2v) is 5.38. The Morgan fingerprint density at radius 3 is 2.37 bits per heavy atom. The lowest BCUT2D eigenvalue weighted by Crippen LogP contribution is -2.11. The van der Waals surface area contributed by atoms with E-state index in [1.54, 1.807) is 0 Å². The number of rotatable bonds is 7. The molecule has 0 saturated carbocycles. The first kappa shape index (κ1) is 19.8. The molecule has 144 valence electrons. The highest BCUT2D eigenvalue weighted by Crippen LogP contribution is 2.35. The summed E-state index contributed by atoms with van der Waals surface area (Å²) in [4.78, 5) is 22.5. The van der Waals surface area contributed by atoms with Crippen molar-refractivity contribution in [1.82, 2.24) is 0 Å². The van der Waals surface area contributed by atoms with Gasteiger partial charge in [-0.15, -0.1) is 0 Å². The zero-order valence-corrected chi connectivity index (χ0v) is 15.1. The predicted octanol–water partition coefficient (Wildman–Crippen LogP) is 3.60. The number of aryl methyl sites for hydroxylation is 1. The van der Waals surface area contributed by atoms with Gasteiger partial charge in [-0.3, -0.25) is 10.1 Å². The molecule has 0 radical (unpaired) electrons. The summed E-state index contributed by atoms with van der Waals surface area (Å²) in [7, 11) is 2.75. The first-order chi connectivity index (χ1) is 12.9. The Labute approximate surface area is 155 Å². The van der Waals surface area contributed by atoms with Crippen LogP contribution in [0.1, 0.15) is 18.1 Å². The van der Waals surface area contributed by atoms with E-state index in [-0.39, 0.29) is 34.2 Å². The van der Waals surface area contributed by atoms with Gasteiger partial charge in [-0.1, -0.05) is 6.92 Å². The third kappa shape index (κ3) is 4.78. The molecule has 0 unspecified atom stereocenters. The van der Waals surface area contributed by atoms with E-state index in [0.29, 0.717) is 12.0 Å². The summed E-state index contributed by atoms with van der Waals surface area (Å²) < 4.78 is 20.2. The molecule has 0 saturated heterocycles. The van der Waals surface area contributed by atoms with Crippen molar-refractivity contribution in [3.8, 4) is 23.0 Å². The summed E-state index contributed by atoms with van der Waals surface area (Å²) >= 11 is 0. The summed E-state index contributed by atoms with van der Waals surface area (Å²) in [5, 5.41) is 20.9. The van der Waals surface area contributed by atoms with Crippen molar-refractivity contribution in [2.45, 2.75) is 20.0 Å². The Bertz CT molecular complexity index is 849. The molecular formula is C18H19NO8. The number of phenols is 1. The van der Waals surface area contributed by atoms with Gasteiger partial charge in [0.1, 0.15) is 18.1 Å². The van der Waals surface area contributed by atoms with E-state index in [4.69, 9.17) is 18.9 Å². The molecule has 0 amide bonds. The Hall–Kier alpha value is -3.49. The number of methoxy groups -OCH3 is 2. The van der Waals surface area contributed by atoms with E-state index in [1.807, 2.05) is 6.92 Å². The van der Waals surface area contributed by atoms with E-state index in [1.165, 1.54) is 44.6 Å². The van der Waals surface area contributed by atoms with Crippen LogP contribution in [0.3, 0.4) is 0 Å². The van der Waals surface area contributed by atoms with Crippen molar-refractivity contribution in [3.63, 3.8) is 0 Å². The minimum atomic E-state index is -1.04. The molecule has 1 N–H and O–H groups in total. The SMILES string of the molecule is CCc1cc(OC(=O)OCc2cc(OC)c(OC)cc2[N+](=O)[O-])ccc1O. The van der Waals surface area contributed by atoms with Gasteiger partial charge in [-0.25, -0.2) is 4.79 Å². The van der Waals surface area contributed by atoms with Crippen molar-refractivity contribution in [3.05, 3.63) is 51.6 Å². The zero-order valence-electron chi connectivity index (χ0n) is 15.1. The number of nitro benzene ring substituents is 1. The molecule has 27 heavy (non-hydrogen) atoms. The van der Waals surface area contributed by atoms with Gasteiger partial charge >= 0.3 is 6.16 Å². The molecule has 2 aromatic rings. The third-order valence-electron chi connectivity index (χ3n) is 3.76. The first-order valence-electron chi connectivity index (χ1n) is 7.95. The maximum Gasteiger partial charge on any atom is 0.514 e. The van der Waals surface area contributed by atoms with E-state index in [2.05, 4.69) is 0 Å². The minimum absolute atomic E-state index is 0.0965. The highest BCUT2D eigenvalue weighted by atomic mass is 16.7. The Morgan fingerprint density at radius 1 is 1.11 bits per heavy atom. The lowest BCUT2D eigenvalue weighted by atomic mass is 10.1. The molecule has 0 aliphatic rings. The highest BCUT2D eigenvalue weighted by molar-refractivity contribution is 5.64. The third-order valence-corrected chi connectivity index (χ3v) is 3.76. The van der Waals surface area contributed by atoms with E-state index in [9.17, 15) is 20.0 Å². The van der Waals surface area contributed by atoms with Gasteiger partial charge in [0, 0.05) is 0 Å². The summed E-state index contributed by atoms with van der Waals surface area (Å²) in [6.45, 7) is 1.45. The normalized spacial score (nSPS) is 10.2. The van der Waals surface area contributed by atoms with E-state index >= 15 is 0 Å². The van der Waals surface area contributed by atoms with Gasteiger partial charge in [-0.2, -0.15) is 0 Å². The van der Waals surface area contributed by atoms with Crippen LogP contribution in [0.5, 0.6) is 23.0 Å². The lowest BCUT2D eigenvalue weighted by molar-refractivity contribution is -0.385. The Morgan fingerprint density at radius 2 is 1.78 bits per heavy atom. The number of benzene rings is 2. The Kier molecular flexibility index (Phi) is 6.42. The van der Waals surface area contributed by atoms with Crippen LogP contribution >= 0.6 is 0 Å². The van der Waals surface area contributed by atoms with Crippen molar-refractivity contribution in [1.29, 1.82) is 0 Å². The van der Waals surface area contributed by atoms with Crippen LogP contribution in [-0.2, 0) is 17.8 Å². The van der Waals surface area contributed by atoms with Gasteiger partial charge in [0.05, 0.1) is 30.8 Å². The standard InChI is InChI=1S/C18H19NO8/c1-4-11-7-13(5-6-15(11)20)27-18(21)26-10-12-8-16(24-2)17(25-3)9-14(12)19(22)23/h5-9,20H,4,10H2,1-3H3. The molecule has 2 rings (SSSR count). The van der Waals surface area contributed by atoms with Gasteiger partial charge in [0.2, 0.25) is 0 Å².